The Morgan fingerprint density at radius 3 is 2.88 bits per heavy atom. The number of nitrogens with zero attached hydrogens (tertiary/aromatic N) is 1. The summed E-state index contributed by atoms with van der Waals surface area (Å²) in [7, 11) is 0. The Bertz CT molecular complexity index is 753. The van der Waals surface area contributed by atoms with Gasteiger partial charge in [-0.2, -0.15) is 0 Å². The van der Waals surface area contributed by atoms with Crippen LogP contribution in [0.4, 0.5) is 20.6 Å². The lowest BCUT2D eigenvalue weighted by atomic mass is 10.2. The fourth-order valence-electron chi connectivity index (χ4n) is 2.87. The van der Waals surface area contributed by atoms with Crippen molar-refractivity contribution in [1.29, 1.82) is 0 Å². The number of amides is 2. The maximum absolute atomic E-state index is 13.3. The van der Waals surface area contributed by atoms with Crippen molar-refractivity contribution in [3.63, 3.8) is 0 Å². The molecule has 1 heterocycles. The van der Waals surface area contributed by atoms with Crippen LogP contribution >= 0.6 is 11.6 Å². The first-order chi connectivity index (χ1) is 11.5. The smallest absolute Gasteiger partial charge is 0.319 e. The summed E-state index contributed by atoms with van der Waals surface area (Å²) >= 11 is 6.06. The van der Waals surface area contributed by atoms with Gasteiger partial charge in [0.05, 0.1) is 0 Å². The number of urea groups is 1. The predicted molar refractivity (Wildman–Crippen MR) is 95.4 cm³/mol. The van der Waals surface area contributed by atoms with Crippen LogP contribution in [0.25, 0.3) is 0 Å². The van der Waals surface area contributed by atoms with Crippen LogP contribution in [0.15, 0.2) is 42.5 Å². The van der Waals surface area contributed by atoms with Gasteiger partial charge in [0.2, 0.25) is 0 Å². The third-order valence-corrected chi connectivity index (χ3v) is 4.62. The zero-order valence-electron chi connectivity index (χ0n) is 13.4. The molecule has 2 aromatic carbocycles. The van der Waals surface area contributed by atoms with Crippen LogP contribution in [0, 0.1) is 12.7 Å². The number of carbonyl (C=O) groups excluding carboxylic acids is 1. The van der Waals surface area contributed by atoms with Gasteiger partial charge in [-0.15, -0.1) is 0 Å². The van der Waals surface area contributed by atoms with E-state index in [1.165, 1.54) is 12.1 Å². The van der Waals surface area contributed by atoms with Gasteiger partial charge in [0.15, 0.2) is 0 Å². The number of hydrogen-bond acceptors (Lipinski definition) is 2. The van der Waals surface area contributed by atoms with Gasteiger partial charge in [-0.25, -0.2) is 9.18 Å². The Kier molecular flexibility index (Phi) is 4.90. The SMILES string of the molecule is Cc1c(Cl)cccc1NC(=O)N[C@@H]1CCN(c2cccc(F)c2)C1. The predicted octanol–water partition coefficient (Wildman–Crippen LogP) is 4.19. The standard InChI is InChI=1S/C18H19ClFN3O/c1-12-16(19)6-3-7-17(12)22-18(24)21-14-8-9-23(11-14)15-5-2-4-13(20)10-15/h2-7,10,14H,8-9,11H2,1H3,(H2,21,22,24)/t14-/m1/s1. The minimum absolute atomic E-state index is 0.0211. The van der Waals surface area contributed by atoms with Crippen molar-refractivity contribution >= 4 is 29.0 Å². The molecular weight excluding hydrogens is 329 g/mol. The number of halogens is 2. The molecule has 1 fully saturated rings. The van der Waals surface area contributed by atoms with Gasteiger partial charge < -0.3 is 15.5 Å². The average Bonchev–Trinajstić information content (AvgIpc) is 3.00. The van der Waals surface area contributed by atoms with Gasteiger partial charge in [0.25, 0.3) is 0 Å². The third-order valence-electron chi connectivity index (χ3n) is 4.21. The van der Waals surface area contributed by atoms with Crippen molar-refractivity contribution in [3.05, 3.63) is 58.9 Å². The second kappa shape index (κ2) is 7.09. The maximum atomic E-state index is 13.3. The molecule has 0 saturated carbocycles. The molecule has 6 heteroatoms. The minimum atomic E-state index is -0.258. The Morgan fingerprint density at radius 2 is 2.08 bits per heavy atom. The first-order valence-electron chi connectivity index (χ1n) is 7.86. The van der Waals surface area contributed by atoms with Crippen molar-refractivity contribution in [2.45, 2.75) is 19.4 Å². The largest absolute Gasteiger partial charge is 0.369 e. The molecular formula is C18H19ClFN3O. The molecule has 1 saturated heterocycles. The van der Waals surface area contributed by atoms with E-state index in [9.17, 15) is 9.18 Å². The van der Waals surface area contributed by atoms with Crippen molar-refractivity contribution < 1.29 is 9.18 Å². The number of nitrogens with one attached hydrogen (secondary N) is 2. The van der Waals surface area contributed by atoms with Crippen LogP contribution in [-0.4, -0.2) is 25.2 Å². The first-order valence-corrected chi connectivity index (χ1v) is 8.24. The number of carbonyl (C=O) groups is 1. The van der Waals surface area contributed by atoms with Crippen molar-refractivity contribution in [3.8, 4) is 0 Å². The molecule has 0 bridgehead atoms. The highest BCUT2D eigenvalue weighted by molar-refractivity contribution is 6.31. The summed E-state index contributed by atoms with van der Waals surface area (Å²) in [5, 5.41) is 6.41. The first kappa shape index (κ1) is 16.6. The van der Waals surface area contributed by atoms with Crippen molar-refractivity contribution in [2.24, 2.45) is 0 Å². The second-order valence-corrected chi connectivity index (χ2v) is 6.33. The van der Waals surface area contributed by atoms with Crippen LogP contribution in [0.1, 0.15) is 12.0 Å². The zero-order valence-corrected chi connectivity index (χ0v) is 14.1. The molecule has 3 rings (SSSR count). The summed E-state index contributed by atoms with van der Waals surface area (Å²) in [5.74, 6) is -0.252. The highest BCUT2D eigenvalue weighted by atomic mass is 35.5. The van der Waals surface area contributed by atoms with E-state index in [2.05, 4.69) is 15.5 Å². The fraction of sp³-hybridized carbons (Fsp3) is 0.278. The summed E-state index contributed by atoms with van der Waals surface area (Å²) in [5.41, 5.74) is 2.37. The fourth-order valence-corrected chi connectivity index (χ4v) is 3.05. The normalized spacial score (nSPS) is 17.0. The van der Waals surface area contributed by atoms with E-state index in [0.29, 0.717) is 17.3 Å². The van der Waals surface area contributed by atoms with E-state index >= 15 is 0 Å². The zero-order chi connectivity index (χ0) is 17.1. The second-order valence-electron chi connectivity index (χ2n) is 5.92. The molecule has 1 aliphatic heterocycles. The molecule has 1 atom stereocenters. The van der Waals surface area contributed by atoms with E-state index < -0.39 is 0 Å². The molecule has 1 aliphatic rings. The molecule has 0 spiro atoms. The maximum Gasteiger partial charge on any atom is 0.319 e. The van der Waals surface area contributed by atoms with Gasteiger partial charge in [-0.1, -0.05) is 23.7 Å². The molecule has 0 radical (unpaired) electrons. The van der Waals surface area contributed by atoms with Crippen LogP contribution < -0.4 is 15.5 Å². The Labute approximate surface area is 145 Å². The molecule has 4 nitrogen and oxygen atoms in total. The lowest BCUT2D eigenvalue weighted by Gasteiger charge is -2.19. The van der Waals surface area contributed by atoms with Gasteiger partial charge >= 0.3 is 6.03 Å². The van der Waals surface area contributed by atoms with E-state index in [1.54, 1.807) is 18.2 Å². The highest BCUT2D eigenvalue weighted by Crippen LogP contribution is 2.23. The molecule has 2 amide bonds. The van der Waals surface area contributed by atoms with Crippen LogP contribution in [0.3, 0.4) is 0 Å². The van der Waals surface area contributed by atoms with Crippen LogP contribution in [0.2, 0.25) is 5.02 Å². The Hall–Kier alpha value is -2.27. The molecule has 2 aromatic rings. The summed E-state index contributed by atoms with van der Waals surface area (Å²) in [6, 6.07) is 11.7. The number of rotatable bonds is 3. The summed E-state index contributed by atoms with van der Waals surface area (Å²) < 4.78 is 13.3. The molecule has 0 aromatic heterocycles. The topological polar surface area (TPSA) is 44.4 Å². The Balaban J connectivity index is 1.57. The summed E-state index contributed by atoms with van der Waals surface area (Å²) in [6.45, 7) is 3.30. The van der Waals surface area contributed by atoms with Gasteiger partial charge in [0, 0.05) is 35.5 Å². The van der Waals surface area contributed by atoms with Gasteiger partial charge in [-0.05, 0) is 49.2 Å². The lowest BCUT2D eigenvalue weighted by molar-refractivity contribution is 0.249. The van der Waals surface area contributed by atoms with E-state index in [-0.39, 0.29) is 17.9 Å². The number of hydrogen-bond donors (Lipinski definition) is 2. The molecule has 0 aliphatic carbocycles. The monoisotopic (exact) mass is 347 g/mol. The van der Waals surface area contributed by atoms with Gasteiger partial charge in [-0.3, -0.25) is 0 Å². The van der Waals surface area contributed by atoms with E-state index in [4.69, 9.17) is 11.6 Å². The summed E-state index contributed by atoms with van der Waals surface area (Å²) in [6.07, 6.45) is 0.818. The lowest BCUT2D eigenvalue weighted by Crippen LogP contribution is -2.39. The van der Waals surface area contributed by atoms with Crippen molar-refractivity contribution in [2.75, 3.05) is 23.3 Å². The van der Waals surface area contributed by atoms with Crippen LogP contribution in [-0.2, 0) is 0 Å². The van der Waals surface area contributed by atoms with E-state index in [0.717, 1.165) is 24.2 Å². The minimum Gasteiger partial charge on any atom is -0.369 e. The highest BCUT2D eigenvalue weighted by Gasteiger charge is 2.24. The third kappa shape index (κ3) is 3.79. The summed E-state index contributed by atoms with van der Waals surface area (Å²) in [4.78, 5) is 14.3. The van der Waals surface area contributed by atoms with E-state index in [1.807, 2.05) is 19.1 Å². The Morgan fingerprint density at radius 1 is 1.29 bits per heavy atom. The molecule has 126 valence electrons. The van der Waals surface area contributed by atoms with Gasteiger partial charge in [0.1, 0.15) is 5.82 Å². The quantitative estimate of drug-likeness (QED) is 0.874. The average molecular weight is 348 g/mol. The molecule has 0 unspecified atom stereocenters. The molecule has 2 N–H and O–H groups in total. The molecule has 24 heavy (non-hydrogen) atoms. The number of anilines is 2. The van der Waals surface area contributed by atoms with Crippen molar-refractivity contribution in [1.82, 2.24) is 5.32 Å². The number of benzene rings is 2. The van der Waals surface area contributed by atoms with Crippen LogP contribution in [0.5, 0.6) is 0 Å².